The zero-order chi connectivity index (χ0) is 19.2. The van der Waals surface area contributed by atoms with Crippen LogP contribution in [0.3, 0.4) is 0 Å². The van der Waals surface area contributed by atoms with Crippen molar-refractivity contribution in [2.45, 2.75) is 44.6 Å². The smallest absolute Gasteiger partial charge is 0.240 e. The number of sulfonamides is 1. The van der Waals surface area contributed by atoms with Crippen molar-refractivity contribution in [1.82, 2.24) is 10.0 Å². The number of hydrogen-bond acceptors (Lipinski definition) is 3. The Morgan fingerprint density at radius 3 is 2.04 bits per heavy atom. The predicted octanol–water partition coefficient (Wildman–Crippen LogP) is 3.24. The van der Waals surface area contributed by atoms with Gasteiger partial charge in [0.1, 0.15) is 0 Å². The van der Waals surface area contributed by atoms with Crippen LogP contribution in [-0.4, -0.2) is 20.9 Å². The van der Waals surface area contributed by atoms with E-state index in [2.05, 4.69) is 10.0 Å². The van der Waals surface area contributed by atoms with Crippen LogP contribution in [0.5, 0.6) is 0 Å². The maximum absolute atomic E-state index is 12.2. The molecular formula is C20H26N2O3S. The lowest BCUT2D eigenvalue weighted by Gasteiger charge is -2.18. The van der Waals surface area contributed by atoms with Gasteiger partial charge in [0, 0.05) is 13.0 Å². The maximum atomic E-state index is 12.2. The summed E-state index contributed by atoms with van der Waals surface area (Å²) in [6, 6.07) is 14.6. The molecule has 0 aliphatic carbocycles. The first-order valence-corrected chi connectivity index (χ1v) is 10.2. The van der Waals surface area contributed by atoms with E-state index in [9.17, 15) is 13.2 Å². The zero-order valence-corrected chi connectivity index (χ0v) is 16.3. The molecule has 0 aliphatic rings. The summed E-state index contributed by atoms with van der Waals surface area (Å²) in [5.41, 5.74) is 3.21. The van der Waals surface area contributed by atoms with E-state index in [4.69, 9.17) is 0 Å². The number of carbonyl (C=O) groups is 1. The van der Waals surface area contributed by atoms with Crippen molar-refractivity contribution >= 4 is 15.9 Å². The van der Waals surface area contributed by atoms with E-state index in [0.717, 1.165) is 17.5 Å². The van der Waals surface area contributed by atoms with Gasteiger partial charge >= 0.3 is 0 Å². The normalized spacial score (nSPS) is 12.6. The van der Waals surface area contributed by atoms with Gasteiger partial charge in [-0.3, -0.25) is 4.79 Å². The third-order valence-corrected chi connectivity index (χ3v) is 5.68. The minimum atomic E-state index is -3.59. The second kappa shape index (κ2) is 8.96. The molecule has 1 atom stereocenters. The summed E-state index contributed by atoms with van der Waals surface area (Å²) in [6.07, 6.45) is 0.858. The standard InChI is InChI=1S/C20H26N2O3S/c1-4-19(17-9-5-15(2)6-10-17)22-20(23)13-14-21-26(24,25)18-11-7-16(3)8-12-18/h5-12,19,21H,4,13-14H2,1-3H3,(H,22,23)/t19-/m1/s1. The minimum absolute atomic E-state index is 0.0619. The predicted molar refractivity (Wildman–Crippen MR) is 103 cm³/mol. The fraction of sp³-hybridized carbons (Fsp3) is 0.350. The average molecular weight is 375 g/mol. The van der Waals surface area contributed by atoms with Gasteiger partial charge in [-0.1, -0.05) is 54.4 Å². The van der Waals surface area contributed by atoms with Crippen LogP contribution < -0.4 is 10.0 Å². The van der Waals surface area contributed by atoms with E-state index in [1.165, 1.54) is 5.56 Å². The maximum Gasteiger partial charge on any atom is 0.240 e. The summed E-state index contributed by atoms with van der Waals surface area (Å²) in [5.74, 6) is -0.177. The van der Waals surface area contributed by atoms with Crippen LogP contribution in [0.25, 0.3) is 0 Å². The van der Waals surface area contributed by atoms with Crippen molar-refractivity contribution in [3.8, 4) is 0 Å². The van der Waals surface area contributed by atoms with Crippen LogP contribution in [0.4, 0.5) is 0 Å². The largest absolute Gasteiger partial charge is 0.349 e. The van der Waals surface area contributed by atoms with Gasteiger partial charge in [0.15, 0.2) is 0 Å². The van der Waals surface area contributed by atoms with Crippen LogP contribution in [-0.2, 0) is 14.8 Å². The van der Waals surface area contributed by atoms with Crippen LogP contribution in [0.15, 0.2) is 53.4 Å². The van der Waals surface area contributed by atoms with E-state index >= 15 is 0 Å². The van der Waals surface area contributed by atoms with Gasteiger partial charge in [0.25, 0.3) is 0 Å². The molecular weight excluding hydrogens is 348 g/mol. The molecule has 0 saturated carbocycles. The molecule has 1 amide bonds. The Morgan fingerprint density at radius 2 is 1.50 bits per heavy atom. The molecule has 0 fully saturated rings. The number of carbonyl (C=O) groups excluding carboxylic acids is 1. The number of hydrogen-bond donors (Lipinski definition) is 2. The molecule has 0 bridgehead atoms. The van der Waals surface area contributed by atoms with Crippen molar-refractivity contribution in [2.75, 3.05) is 6.54 Å². The Bertz CT molecular complexity index is 828. The molecule has 0 radical (unpaired) electrons. The highest BCUT2D eigenvalue weighted by molar-refractivity contribution is 7.89. The number of amides is 1. The summed E-state index contributed by atoms with van der Waals surface area (Å²) in [5, 5.41) is 2.96. The summed E-state index contributed by atoms with van der Waals surface area (Å²) < 4.78 is 26.9. The van der Waals surface area contributed by atoms with E-state index in [1.54, 1.807) is 24.3 Å². The van der Waals surface area contributed by atoms with Crippen LogP contribution in [0.1, 0.15) is 42.5 Å². The molecule has 0 unspecified atom stereocenters. The molecule has 5 nitrogen and oxygen atoms in total. The lowest BCUT2D eigenvalue weighted by Crippen LogP contribution is -2.32. The molecule has 0 heterocycles. The molecule has 26 heavy (non-hydrogen) atoms. The van der Waals surface area contributed by atoms with E-state index in [0.29, 0.717) is 0 Å². The van der Waals surface area contributed by atoms with Gasteiger partial charge in [0.05, 0.1) is 10.9 Å². The van der Waals surface area contributed by atoms with Crippen LogP contribution >= 0.6 is 0 Å². The molecule has 0 aromatic heterocycles. The molecule has 2 N–H and O–H groups in total. The number of rotatable bonds is 8. The van der Waals surface area contributed by atoms with Gasteiger partial charge < -0.3 is 5.32 Å². The summed E-state index contributed by atoms with van der Waals surface area (Å²) in [4.78, 5) is 12.4. The molecule has 0 spiro atoms. The summed E-state index contributed by atoms with van der Waals surface area (Å²) >= 11 is 0. The highest BCUT2D eigenvalue weighted by Gasteiger charge is 2.16. The third-order valence-electron chi connectivity index (χ3n) is 4.20. The van der Waals surface area contributed by atoms with Crippen molar-refractivity contribution in [1.29, 1.82) is 0 Å². The monoisotopic (exact) mass is 374 g/mol. The second-order valence-corrected chi connectivity index (χ2v) is 8.17. The van der Waals surface area contributed by atoms with Gasteiger partial charge in [0.2, 0.25) is 15.9 Å². The molecule has 2 rings (SSSR count). The first kappa shape index (κ1) is 20.1. The molecule has 2 aromatic carbocycles. The molecule has 140 valence electrons. The topological polar surface area (TPSA) is 75.3 Å². The Hall–Kier alpha value is -2.18. The van der Waals surface area contributed by atoms with E-state index < -0.39 is 10.0 Å². The zero-order valence-electron chi connectivity index (χ0n) is 15.5. The molecule has 6 heteroatoms. The number of nitrogens with one attached hydrogen (secondary N) is 2. The van der Waals surface area contributed by atoms with Gasteiger partial charge in [-0.15, -0.1) is 0 Å². The first-order valence-electron chi connectivity index (χ1n) is 8.74. The summed E-state index contributed by atoms with van der Waals surface area (Å²) in [6.45, 7) is 5.98. The Morgan fingerprint density at radius 1 is 0.962 bits per heavy atom. The Kier molecular flexibility index (Phi) is 6.94. The molecule has 0 saturated heterocycles. The summed E-state index contributed by atoms with van der Waals surface area (Å²) in [7, 11) is -3.59. The van der Waals surface area contributed by atoms with E-state index in [-0.39, 0.29) is 29.8 Å². The van der Waals surface area contributed by atoms with Gasteiger partial charge in [-0.2, -0.15) is 0 Å². The fourth-order valence-corrected chi connectivity index (χ4v) is 3.62. The molecule has 0 aliphatic heterocycles. The SMILES string of the molecule is CC[C@@H](NC(=O)CCNS(=O)(=O)c1ccc(C)cc1)c1ccc(C)cc1. The van der Waals surface area contributed by atoms with Crippen molar-refractivity contribution in [3.05, 3.63) is 65.2 Å². The second-order valence-electron chi connectivity index (χ2n) is 6.40. The van der Waals surface area contributed by atoms with Crippen molar-refractivity contribution in [2.24, 2.45) is 0 Å². The number of benzene rings is 2. The minimum Gasteiger partial charge on any atom is -0.349 e. The van der Waals surface area contributed by atoms with E-state index in [1.807, 2.05) is 45.0 Å². The average Bonchev–Trinajstić information content (AvgIpc) is 2.61. The lowest BCUT2D eigenvalue weighted by atomic mass is 10.0. The third kappa shape index (κ3) is 5.68. The van der Waals surface area contributed by atoms with Crippen molar-refractivity contribution < 1.29 is 13.2 Å². The highest BCUT2D eigenvalue weighted by atomic mass is 32.2. The van der Waals surface area contributed by atoms with Gasteiger partial charge in [-0.05, 0) is 38.0 Å². The van der Waals surface area contributed by atoms with Crippen LogP contribution in [0.2, 0.25) is 0 Å². The van der Waals surface area contributed by atoms with Crippen LogP contribution in [0, 0.1) is 13.8 Å². The fourth-order valence-electron chi connectivity index (χ4n) is 2.59. The Balaban J connectivity index is 1.87. The Labute approximate surface area is 155 Å². The quantitative estimate of drug-likeness (QED) is 0.745. The highest BCUT2D eigenvalue weighted by Crippen LogP contribution is 2.17. The first-order chi connectivity index (χ1) is 12.3. The number of aryl methyl sites for hydroxylation is 2. The molecule has 2 aromatic rings. The van der Waals surface area contributed by atoms with Gasteiger partial charge in [-0.25, -0.2) is 13.1 Å². The lowest BCUT2D eigenvalue weighted by molar-refractivity contribution is -0.121. The van der Waals surface area contributed by atoms with Crippen molar-refractivity contribution in [3.63, 3.8) is 0 Å².